The Balaban J connectivity index is 1.92. The lowest BCUT2D eigenvalue weighted by Gasteiger charge is -2.40. The van der Waals surface area contributed by atoms with Crippen molar-refractivity contribution in [2.45, 2.75) is 58.7 Å². The topological polar surface area (TPSA) is 48.1 Å². The van der Waals surface area contributed by atoms with Crippen molar-refractivity contribution < 1.29 is 4.74 Å². The van der Waals surface area contributed by atoms with Gasteiger partial charge in [0.25, 0.3) is 0 Å². The standard InChI is InChI=1S/C17H28N2O/c1-13(2)16-4-6-17(12-18,7-5-16)20-11-15-8-14(3)9-19-10-15/h8-10,13,16H,4-7,11-12,18H2,1-3H3. The quantitative estimate of drug-likeness (QED) is 0.896. The summed E-state index contributed by atoms with van der Waals surface area (Å²) < 4.78 is 6.22. The Morgan fingerprint density at radius 1 is 1.35 bits per heavy atom. The van der Waals surface area contributed by atoms with E-state index in [0.717, 1.165) is 30.2 Å². The number of hydrogen-bond donors (Lipinski definition) is 1. The molecule has 0 amide bonds. The van der Waals surface area contributed by atoms with Gasteiger partial charge in [0.15, 0.2) is 0 Å². The van der Waals surface area contributed by atoms with E-state index in [2.05, 4.69) is 31.8 Å². The minimum atomic E-state index is -0.116. The van der Waals surface area contributed by atoms with Crippen LogP contribution in [0.2, 0.25) is 0 Å². The van der Waals surface area contributed by atoms with Gasteiger partial charge in [-0.3, -0.25) is 4.98 Å². The first kappa shape index (κ1) is 15.5. The van der Waals surface area contributed by atoms with E-state index in [0.29, 0.717) is 13.2 Å². The Hall–Kier alpha value is -0.930. The van der Waals surface area contributed by atoms with Crippen molar-refractivity contribution in [2.24, 2.45) is 17.6 Å². The van der Waals surface area contributed by atoms with Gasteiger partial charge in [-0.15, -0.1) is 0 Å². The lowest BCUT2D eigenvalue weighted by Crippen LogP contribution is -2.44. The molecule has 3 heteroatoms. The molecule has 0 aliphatic heterocycles. The number of nitrogens with two attached hydrogens (primary N) is 1. The maximum atomic E-state index is 6.22. The third kappa shape index (κ3) is 3.80. The molecular formula is C17H28N2O. The van der Waals surface area contributed by atoms with Crippen LogP contribution in [0.15, 0.2) is 18.5 Å². The number of pyridine rings is 1. The molecule has 1 aliphatic carbocycles. The summed E-state index contributed by atoms with van der Waals surface area (Å²) in [5, 5.41) is 0. The minimum absolute atomic E-state index is 0.116. The highest BCUT2D eigenvalue weighted by Gasteiger charge is 2.35. The van der Waals surface area contributed by atoms with Crippen LogP contribution in [0.25, 0.3) is 0 Å². The molecule has 1 aliphatic rings. The lowest BCUT2D eigenvalue weighted by atomic mass is 9.74. The van der Waals surface area contributed by atoms with E-state index in [4.69, 9.17) is 10.5 Å². The van der Waals surface area contributed by atoms with Crippen LogP contribution in [-0.4, -0.2) is 17.1 Å². The molecule has 0 aromatic carbocycles. The number of hydrogen-bond acceptors (Lipinski definition) is 3. The molecule has 0 saturated heterocycles. The predicted molar refractivity (Wildman–Crippen MR) is 82.3 cm³/mol. The maximum Gasteiger partial charge on any atom is 0.0808 e. The van der Waals surface area contributed by atoms with Crippen molar-refractivity contribution in [1.82, 2.24) is 4.98 Å². The van der Waals surface area contributed by atoms with Gasteiger partial charge >= 0.3 is 0 Å². The Morgan fingerprint density at radius 3 is 2.60 bits per heavy atom. The van der Waals surface area contributed by atoms with E-state index in [-0.39, 0.29) is 5.60 Å². The van der Waals surface area contributed by atoms with Crippen LogP contribution in [0.1, 0.15) is 50.7 Å². The van der Waals surface area contributed by atoms with Crippen LogP contribution < -0.4 is 5.73 Å². The molecule has 112 valence electrons. The predicted octanol–water partition coefficient (Wildman–Crippen LogP) is 3.45. The van der Waals surface area contributed by atoms with E-state index in [1.807, 2.05) is 12.4 Å². The van der Waals surface area contributed by atoms with Crippen molar-refractivity contribution >= 4 is 0 Å². The first-order valence-corrected chi connectivity index (χ1v) is 7.79. The van der Waals surface area contributed by atoms with E-state index in [1.165, 1.54) is 18.4 Å². The highest BCUT2D eigenvalue weighted by atomic mass is 16.5. The molecule has 20 heavy (non-hydrogen) atoms. The normalized spacial score (nSPS) is 26.9. The molecule has 3 nitrogen and oxygen atoms in total. The van der Waals surface area contributed by atoms with Crippen LogP contribution in [0.5, 0.6) is 0 Å². The number of ether oxygens (including phenoxy) is 1. The third-order valence-corrected chi connectivity index (χ3v) is 4.73. The first-order chi connectivity index (χ1) is 9.54. The second-order valence-electron chi connectivity index (χ2n) is 6.63. The van der Waals surface area contributed by atoms with Crippen LogP contribution >= 0.6 is 0 Å². The molecular weight excluding hydrogens is 248 g/mol. The average molecular weight is 276 g/mol. The van der Waals surface area contributed by atoms with Gasteiger partial charge in [-0.05, 0) is 55.6 Å². The molecule has 0 radical (unpaired) electrons. The Bertz CT molecular complexity index is 423. The van der Waals surface area contributed by atoms with Gasteiger partial charge in [0, 0.05) is 18.9 Å². The molecule has 2 N–H and O–H groups in total. The smallest absolute Gasteiger partial charge is 0.0808 e. The molecule has 0 spiro atoms. The van der Waals surface area contributed by atoms with Gasteiger partial charge < -0.3 is 10.5 Å². The fourth-order valence-corrected chi connectivity index (χ4v) is 3.17. The van der Waals surface area contributed by atoms with Crippen molar-refractivity contribution in [3.8, 4) is 0 Å². The fourth-order valence-electron chi connectivity index (χ4n) is 3.17. The Labute approximate surface area is 122 Å². The van der Waals surface area contributed by atoms with Crippen molar-refractivity contribution in [3.63, 3.8) is 0 Å². The lowest BCUT2D eigenvalue weighted by molar-refractivity contribution is -0.0841. The van der Waals surface area contributed by atoms with E-state index in [9.17, 15) is 0 Å². The number of aromatic nitrogens is 1. The molecule has 0 atom stereocenters. The highest BCUT2D eigenvalue weighted by Crippen LogP contribution is 2.38. The summed E-state index contributed by atoms with van der Waals surface area (Å²) in [5.41, 5.74) is 8.22. The summed E-state index contributed by atoms with van der Waals surface area (Å²) in [6.07, 6.45) is 8.41. The average Bonchev–Trinajstić information content (AvgIpc) is 2.45. The molecule has 1 saturated carbocycles. The van der Waals surface area contributed by atoms with Crippen molar-refractivity contribution in [3.05, 3.63) is 29.6 Å². The summed E-state index contributed by atoms with van der Waals surface area (Å²) >= 11 is 0. The minimum Gasteiger partial charge on any atom is -0.369 e. The second kappa shape index (κ2) is 6.68. The summed E-state index contributed by atoms with van der Waals surface area (Å²) in [7, 11) is 0. The van der Waals surface area contributed by atoms with E-state index >= 15 is 0 Å². The van der Waals surface area contributed by atoms with Crippen LogP contribution in [0, 0.1) is 18.8 Å². The molecule has 0 bridgehead atoms. The van der Waals surface area contributed by atoms with Gasteiger partial charge in [-0.25, -0.2) is 0 Å². The number of rotatable bonds is 5. The zero-order valence-electron chi connectivity index (χ0n) is 13.1. The SMILES string of the molecule is Cc1cncc(COC2(CN)CCC(C(C)C)CC2)c1. The second-order valence-corrected chi connectivity index (χ2v) is 6.63. The van der Waals surface area contributed by atoms with Gasteiger partial charge in [0.1, 0.15) is 0 Å². The zero-order valence-corrected chi connectivity index (χ0v) is 13.1. The zero-order chi connectivity index (χ0) is 14.6. The van der Waals surface area contributed by atoms with Crippen molar-refractivity contribution in [1.29, 1.82) is 0 Å². The number of nitrogens with zero attached hydrogens (tertiary/aromatic N) is 1. The largest absolute Gasteiger partial charge is 0.369 e. The number of aryl methyl sites for hydroxylation is 1. The van der Waals surface area contributed by atoms with Gasteiger partial charge in [-0.2, -0.15) is 0 Å². The van der Waals surface area contributed by atoms with Crippen molar-refractivity contribution in [2.75, 3.05) is 6.54 Å². The third-order valence-electron chi connectivity index (χ3n) is 4.73. The summed E-state index contributed by atoms with van der Waals surface area (Å²) in [6.45, 7) is 7.94. The van der Waals surface area contributed by atoms with E-state index in [1.54, 1.807) is 0 Å². The Kier molecular flexibility index (Phi) is 5.17. The Morgan fingerprint density at radius 2 is 2.05 bits per heavy atom. The van der Waals surface area contributed by atoms with Crippen LogP contribution in [-0.2, 0) is 11.3 Å². The van der Waals surface area contributed by atoms with Crippen LogP contribution in [0.3, 0.4) is 0 Å². The van der Waals surface area contributed by atoms with Gasteiger partial charge in [0.05, 0.1) is 12.2 Å². The molecule has 2 rings (SSSR count). The maximum absolute atomic E-state index is 6.22. The van der Waals surface area contributed by atoms with Crippen LogP contribution in [0.4, 0.5) is 0 Å². The fraction of sp³-hybridized carbons (Fsp3) is 0.706. The van der Waals surface area contributed by atoms with Gasteiger partial charge in [-0.1, -0.05) is 19.9 Å². The summed E-state index contributed by atoms with van der Waals surface area (Å²) in [6, 6.07) is 2.14. The monoisotopic (exact) mass is 276 g/mol. The summed E-state index contributed by atoms with van der Waals surface area (Å²) in [5.74, 6) is 1.60. The highest BCUT2D eigenvalue weighted by molar-refractivity contribution is 5.15. The molecule has 1 aromatic heterocycles. The molecule has 1 aromatic rings. The first-order valence-electron chi connectivity index (χ1n) is 7.79. The molecule has 1 fully saturated rings. The van der Waals surface area contributed by atoms with Gasteiger partial charge in [0.2, 0.25) is 0 Å². The molecule has 1 heterocycles. The summed E-state index contributed by atoms with van der Waals surface area (Å²) in [4.78, 5) is 4.22. The van der Waals surface area contributed by atoms with E-state index < -0.39 is 0 Å². The molecule has 0 unspecified atom stereocenters.